The zero-order chi connectivity index (χ0) is 14.2. The van der Waals surface area contributed by atoms with E-state index in [0.717, 1.165) is 38.9 Å². The molecule has 7 heteroatoms. The summed E-state index contributed by atoms with van der Waals surface area (Å²) in [5.41, 5.74) is -0.676. The average molecular weight is 298 g/mol. The Morgan fingerprint density at radius 2 is 1.65 bits per heavy atom. The van der Waals surface area contributed by atoms with Crippen LogP contribution in [-0.2, 0) is 0 Å². The molecule has 2 aliphatic heterocycles. The molecule has 0 amide bonds. The molecule has 3 rings (SSSR count). The quantitative estimate of drug-likeness (QED) is 0.892. The maximum Gasteiger partial charge on any atom is 0.231 e. The molecule has 1 aromatic rings. The Labute approximate surface area is 123 Å². The van der Waals surface area contributed by atoms with E-state index in [9.17, 15) is 5.11 Å². The van der Waals surface area contributed by atoms with Gasteiger partial charge in [0.05, 0.1) is 5.60 Å². The minimum absolute atomic E-state index is 0.224. The maximum absolute atomic E-state index is 10.1. The number of anilines is 2. The number of nitrogens with zero attached hydrogens (tertiary/aromatic N) is 5. The summed E-state index contributed by atoms with van der Waals surface area (Å²) in [6.45, 7) is 5.05. The van der Waals surface area contributed by atoms with Gasteiger partial charge in [-0.25, -0.2) is 0 Å². The Bertz CT molecular complexity index is 490. The van der Waals surface area contributed by atoms with Gasteiger partial charge in [0.25, 0.3) is 0 Å². The molecule has 0 bridgehead atoms. The predicted octanol–water partition coefficient (Wildman–Crippen LogP) is 1.48. The van der Waals surface area contributed by atoms with Gasteiger partial charge in [0, 0.05) is 26.2 Å². The number of β-amino-alcohol motifs (C(OH)–C–C–N with tert-alkyl or cyclic N) is 1. The van der Waals surface area contributed by atoms with Gasteiger partial charge in [-0.05, 0) is 44.2 Å². The summed E-state index contributed by atoms with van der Waals surface area (Å²) in [6, 6.07) is 0. The summed E-state index contributed by atoms with van der Waals surface area (Å²) >= 11 is 6.04. The van der Waals surface area contributed by atoms with E-state index < -0.39 is 5.60 Å². The second-order valence-electron chi connectivity index (χ2n) is 5.92. The van der Waals surface area contributed by atoms with Crippen molar-refractivity contribution in [2.45, 2.75) is 38.2 Å². The summed E-state index contributed by atoms with van der Waals surface area (Å²) < 4.78 is 0. The summed E-state index contributed by atoms with van der Waals surface area (Å²) in [6.07, 6.45) is 4.31. The molecule has 1 atom stereocenters. The molecule has 2 saturated heterocycles. The largest absolute Gasteiger partial charge is 0.388 e. The number of halogens is 1. The van der Waals surface area contributed by atoms with Crippen molar-refractivity contribution in [3.05, 3.63) is 5.28 Å². The predicted molar refractivity (Wildman–Crippen MR) is 78.4 cm³/mol. The van der Waals surface area contributed by atoms with Crippen LogP contribution in [0.5, 0.6) is 0 Å². The molecule has 110 valence electrons. The van der Waals surface area contributed by atoms with E-state index in [0.29, 0.717) is 18.4 Å². The molecular formula is C13H20ClN5O. The van der Waals surface area contributed by atoms with Crippen LogP contribution >= 0.6 is 11.6 Å². The Balaban J connectivity index is 1.83. The minimum Gasteiger partial charge on any atom is -0.388 e. The van der Waals surface area contributed by atoms with Crippen molar-refractivity contribution in [1.82, 2.24) is 15.0 Å². The first kappa shape index (κ1) is 13.8. The first-order valence-electron chi connectivity index (χ1n) is 7.17. The molecule has 2 fully saturated rings. The number of aliphatic hydroxyl groups is 1. The van der Waals surface area contributed by atoms with Crippen LogP contribution in [0.4, 0.5) is 11.9 Å². The maximum atomic E-state index is 10.1. The Kier molecular flexibility index (Phi) is 3.69. The van der Waals surface area contributed by atoms with Gasteiger partial charge in [-0.1, -0.05) is 0 Å². The van der Waals surface area contributed by atoms with Gasteiger partial charge in [0.2, 0.25) is 17.2 Å². The highest BCUT2D eigenvalue weighted by Gasteiger charge is 2.33. The highest BCUT2D eigenvalue weighted by molar-refractivity contribution is 6.28. The van der Waals surface area contributed by atoms with Crippen molar-refractivity contribution in [1.29, 1.82) is 0 Å². The van der Waals surface area contributed by atoms with Crippen molar-refractivity contribution in [2.75, 3.05) is 36.0 Å². The first-order valence-corrected chi connectivity index (χ1v) is 7.55. The van der Waals surface area contributed by atoms with E-state index in [1.165, 1.54) is 6.42 Å². The van der Waals surface area contributed by atoms with Crippen molar-refractivity contribution in [3.63, 3.8) is 0 Å². The van der Waals surface area contributed by atoms with Crippen LogP contribution in [0.3, 0.4) is 0 Å². The third-order valence-electron chi connectivity index (χ3n) is 3.96. The molecule has 0 aliphatic carbocycles. The van der Waals surface area contributed by atoms with E-state index in [2.05, 4.69) is 19.9 Å². The smallest absolute Gasteiger partial charge is 0.231 e. The molecule has 1 N–H and O–H groups in total. The third-order valence-corrected chi connectivity index (χ3v) is 4.13. The summed E-state index contributed by atoms with van der Waals surface area (Å²) in [7, 11) is 0. The molecule has 1 aromatic heterocycles. The lowest BCUT2D eigenvalue weighted by Gasteiger charge is -2.27. The second kappa shape index (κ2) is 5.33. The molecule has 1 unspecified atom stereocenters. The molecular weight excluding hydrogens is 278 g/mol. The number of hydrogen-bond acceptors (Lipinski definition) is 6. The highest BCUT2D eigenvalue weighted by atomic mass is 35.5. The molecule has 3 heterocycles. The van der Waals surface area contributed by atoms with Crippen LogP contribution < -0.4 is 9.80 Å². The SMILES string of the molecule is CC1(O)CCN(c2nc(Cl)nc(N3CCCCC3)n2)C1. The van der Waals surface area contributed by atoms with E-state index in [4.69, 9.17) is 11.6 Å². The van der Waals surface area contributed by atoms with Crippen LogP contribution in [0.15, 0.2) is 0 Å². The molecule has 0 radical (unpaired) electrons. The standard InChI is InChI=1S/C13H20ClN5O/c1-13(20)5-8-19(9-13)12-16-10(14)15-11(17-12)18-6-3-2-4-7-18/h20H,2-9H2,1H3. The number of piperidine rings is 1. The molecule has 0 saturated carbocycles. The van der Waals surface area contributed by atoms with E-state index in [1.54, 1.807) is 0 Å². The lowest BCUT2D eigenvalue weighted by atomic mass is 10.1. The van der Waals surface area contributed by atoms with Crippen molar-refractivity contribution >= 4 is 23.5 Å². The molecule has 6 nitrogen and oxygen atoms in total. The zero-order valence-electron chi connectivity index (χ0n) is 11.7. The fourth-order valence-corrected chi connectivity index (χ4v) is 2.97. The zero-order valence-corrected chi connectivity index (χ0v) is 12.5. The van der Waals surface area contributed by atoms with Gasteiger partial charge < -0.3 is 14.9 Å². The number of aromatic nitrogens is 3. The van der Waals surface area contributed by atoms with Crippen LogP contribution in [0.1, 0.15) is 32.6 Å². The van der Waals surface area contributed by atoms with Crippen molar-refractivity contribution in [3.8, 4) is 0 Å². The normalized spacial score (nSPS) is 27.1. The third kappa shape index (κ3) is 2.96. The van der Waals surface area contributed by atoms with Crippen molar-refractivity contribution < 1.29 is 5.11 Å². The van der Waals surface area contributed by atoms with Crippen molar-refractivity contribution in [2.24, 2.45) is 0 Å². The first-order chi connectivity index (χ1) is 9.53. The average Bonchev–Trinajstić information content (AvgIpc) is 2.79. The summed E-state index contributed by atoms with van der Waals surface area (Å²) in [5.74, 6) is 1.23. The van der Waals surface area contributed by atoms with Gasteiger partial charge in [-0.15, -0.1) is 0 Å². The van der Waals surface area contributed by atoms with E-state index in [-0.39, 0.29) is 5.28 Å². The van der Waals surface area contributed by atoms with E-state index >= 15 is 0 Å². The summed E-state index contributed by atoms with van der Waals surface area (Å²) in [5, 5.41) is 10.3. The van der Waals surface area contributed by atoms with Gasteiger partial charge in [-0.3, -0.25) is 0 Å². The van der Waals surface area contributed by atoms with Crippen LogP contribution in [0.2, 0.25) is 5.28 Å². The van der Waals surface area contributed by atoms with Gasteiger partial charge in [-0.2, -0.15) is 15.0 Å². The Morgan fingerprint density at radius 3 is 2.25 bits per heavy atom. The topological polar surface area (TPSA) is 65.4 Å². The monoisotopic (exact) mass is 297 g/mol. The van der Waals surface area contributed by atoms with Gasteiger partial charge in [0.1, 0.15) is 0 Å². The second-order valence-corrected chi connectivity index (χ2v) is 6.26. The fraction of sp³-hybridized carbons (Fsp3) is 0.769. The lowest BCUT2D eigenvalue weighted by molar-refractivity contribution is 0.0838. The number of rotatable bonds is 2. The van der Waals surface area contributed by atoms with E-state index in [1.807, 2.05) is 11.8 Å². The summed E-state index contributed by atoms with van der Waals surface area (Å²) in [4.78, 5) is 17.1. The highest BCUT2D eigenvalue weighted by Crippen LogP contribution is 2.26. The minimum atomic E-state index is -0.676. The molecule has 20 heavy (non-hydrogen) atoms. The van der Waals surface area contributed by atoms with Crippen LogP contribution in [0.25, 0.3) is 0 Å². The van der Waals surface area contributed by atoms with Crippen LogP contribution in [-0.4, -0.2) is 51.8 Å². The van der Waals surface area contributed by atoms with Gasteiger partial charge >= 0.3 is 0 Å². The molecule has 0 aromatic carbocycles. The Morgan fingerprint density at radius 1 is 1.00 bits per heavy atom. The van der Waals surface area contributed by atoms with Gasteiger partial charge in [0.15, 0.2) is 0 Å². The lowest BCUT2D eigenvalue weighted by Crippen LogP contribution is -2.33. The molecule has 0 spiro atoms. The van der Waals surface area contributed by atoms with Crippen LogP contribution in [0, 0.1) is 0 Å². The Hall–Kier alpha value is -1.14. The number of hydrogen-bond donors (Lipinski definition) is 1. The molecule has 2 aliphatic rings. The fourth-order valence-electron chi connectivity index (χ4n) is 2.82.